The molecule has 5 nitrogen and oxygen atoms in total. The molecule has 1 aliphatic heterocycles. The van der Waals surface area contributed by atoms with Gasteiger partial charge in [0.15, 0.2) is 0 Å². The van der Waals surface area contributed by atoms with Gasteiger partial charge in [-0.1, -0.05) is 54.1 Å². The first kappa shape index (κ1) is 21.5. The van der Waals surface area contributed by atoms with Crippen molar-refractivity contribution >= 4 is 34.8 Å². The average Bonchev–Trinajstić information content (AvgIpc) is 3.46. The number of carbonyl (C=O) groups is 2. The van der Waals surface area contributed by atoms with Crippen LogP contribution < -0.4 is 5.32 Å². The number of rotatable bonds is 7. The summed E-state index contributed by atoms with van der Waals surface area (Å²) in [4.78, 5) is 31.9. The molecule has 1 N–H and O–H groups in total. The third-order valence-corrected chi connectivity index (χ3v) is 6.59. The molecule has 0 bridgehead atoms. The Morgan fingerprint density at radius 1 is 1.13 bits per heavy atom. The van der Waals surface area contributed by atoms with Crippen molar-refractivity contribution in [1.29, 1.82) is 0 Å². The van der Waals surface area contributed by atoms with Gasteiger partial charge in [0.2, 0.25) is 11.8 Å². The molecule has 160 valence electrons. The second-order valence-electron chi connectivity index (χ2n) is 7.60. The molecule has 1 saturated heterocycles. The van der Waals surface area contributed by atoms with Gasteiger partial charge in [-0.3, -0.25) is 9.59 Å². The molecule has 31 heavy (non-hydrogen) atoms. The third-order valence-electron chi connectivity index (χ3n) is 5.40. The van der Waals surface area contributed by atoms with Gasteiger partial charge in [-0.15, -0.1) is 11.3 Å². The summed E-state index contributed by atoms with van der Waals surface area (Å²) >= 11 is 7.52. The van der Waals surface area contributed by atoms with E-state index in [-0.39, 0.29) is 18.2 Å². The van der Waals surface area contributed by atoms with Crippen LogP contribution in [0, 0.1) is 0 Å². The fraction of sp³-hybridized carbons (Fsp3) is 0.292. The highest BCUT2D eigenvalue weighted by atomic mass is 35.5. The second kappa shape index (κ2) is 10.1. The molecule has 0 aliphatic carbocycles. The number of aromatic nitrogens is 1. The number of halogens is 1. The number of carbonyl (C=O) groups excluding carboxylic acids is 2. The Kier molecular flexibility index (Phi) is 6.99. The summed E-state index contributed by atoms with van der Waals surface area (Å²) in [5, 5.41) is 6.65. The summed E-state index contributed by atoms with van der Waals surface area (Å²) in [7, 11) is 0. The number of hydrogen-bond acceptors (Lipinski definition) is 4. The highest BCUT2D eigenvalue weighted by molar-refractivity contribution is 7.13. The van der Waals surface area contributed by atoms with Crippen LogP contribution in [0.15, 0.2) is 60.0 Å². The first-order valence-electron chi connectivity index (χ1n) is 10.4. The van der Waals surface area contributed by atoms with Crippen molar-refractivity contribution in [1.82, 2.24) is 15.2 Å². The molecule has 2 amide bonds. The lowest BCUT2D eigenvalue weighted by molar-refractivity contribution is -0.137. The van der Waals surface area contributed by atoms with E-state index in [9.17, 15) is 9.59 Å². The van der Waals surface area contributed by atoms with Gasteiger partial charge in [0.1, 0.15) is 11.0 Å². The minimum Gasteiger partial charge on any atom is -0.354 e. The van der Waals surface area contributed by atoms with Crippen LogP contribution in [0.25, 0.3) is 10.6 Å². The van der Waals surface area contributed by atoms with Gasteiger partial charge in [0.25, 0.3) is 0 Å². The molecule has 3 aromatic rings. The van der Waals surface area contributed by atoms with E-state index in [4.69, 9.17) is 11.6 Å². The summed E-state index contributed by atoms with van der Waals surface area (Å²) in [5.41, 5.74) is 2.97. The van der Waals surface area contributed by atoms with E-state index in [1.54, 1.807) is 28.4 Å². The molecule has 7 heteroatoms. The van der Waals surface area contributed by atoms with Gasteiger partial charge in [-0.25, -0.2) is 4.98 Å². The van der Waals surface area contributed by atoms with Crippen molar-refractivity contribution in [2.45, 2.75) is 31.7 Å². The largest absolute Gasteiger partial charge is 0.354 e. The SMILES string of the molecule is O=C(NCCc1csc(-c2ccccc2)n1)C1CCCN1C(=O)Cc1ccc(Cl)cc1. The summed E-state index contributed by atoms with van der Waals surface area (Å²) in [5.74, 6) is -0.104. The van der Waals surface area contributed by atoms with Gasteiger partial charge < -0.3 is 10.2 Å². The first-order chi connectivity index (χ1) is 15.1. The highest BCUT2D eigenvalue weighted by Gasteiger charge is 2.33. The van der Waals surface area contributed by atoms with Crippen LogP contribution >= 0.6 is 22.9 Å². The molecular formula is C24H24ClN3O2S. The van der Waals surface area contributed by atoms with E-state index in [0.29, 0.717) is 31.0 Å². The molecule has 1 fully saturated rings. The predicted molar refractivity (Wildman–Crippen MR) is 124 cm³/mol. The molecule has 1 aliphatic rings. The molecule has 1 atom stereocenters. The van der Waals surface area contributed by atoms with Crippen molar-refractivity contribution in [3.8, 4) is 10.6 Å². The molecule has 4 rings (SSSR count). The quantitative estimate of drug-likeness (QED) is 0.578. The van der Waals surface area contributed by atoms with E-state index in [2.05, 4.69) is 10.3 Å². The molecule has 0 spiro atoms. The van der Waals surface area contributed by atoms with Gasteiger partial charge in [0, 0.05) is 35.5 Å². The Bertz CT molecular complexity index is 1040. The van der Waals surface area contributed by atoms with E-state index in [0.717, 1.165) is 28.2 Å². The van der Waals surface area contributed by atoms with Gasteiger partial charge >= 0.3 is 0 Å². The van der Waals surface area contributed by atoms with Gasteiger partial charge in [-0.2, -0.15) is 0 Å². The zero-order valence-electron chi connectivity index (χ0n) is 17.1. The summed E-state index contributed by atoms with van der Waals surface area (Å²) < 4.78 is 0. The first-order valence-corrected chi connectivity index (χ1v) is 11.7. The summed E-state index contributed by atoms with van der Waals surface area (Å²) in [6.45, 7) is 1.13. The van der Waals surface area contributed by atoms with E-state index < -0.39 is 6.04 Å². The summed E-state index contributed by atoms with van der Waals surface area (Å²) in [6.07, 6.45) is 2.49. The fourth-order valence-electron chi connectivity index (χ4n) is 3.78. The standard InChI is InChI=1S/C24H24ClN3O2S/c25-19-10-8-17(9-11-19)15-22(29)28-14-4-7-21(28)23(30)26-13-12-20-16-31-24(27-20)18-5-2-1-3-6-18/h1-3,5-6,8-11,16,21H,4,7,12-15H2,(H,26,30). The van der Waals surface area contributed by atoms with Crippen molar-refractivity contribution in [2.75, 3.05) is 13.1 Å². The van der Waals surface area contributed by atoms with Crippen molar-refractivity contribution in [3.05, 3.63) is 76.3 Å². The van der Waals surface area contributed by atoms with Crippen molar-refractivity contribution < 1.29 is 9.59 Å². The van der Waals surface area contributed by atoms with Crippen LogP contribution in [0.1, 0.15) is 24.1 Å². The number of hydrogen-bond donors (Lipinski definition) is 1. The highest BCUT2D eigenvalue weighted by Crippen LogP contribution is 2.23. The zero-order valence-corrected chi connectivity index (χ0v) is 18.7. The van der Waals surface area contributed by atoms with Gasteiger partial charge in [-0.05, 0) is 30.5 Å². The maximum atomic E-state index is 12.8. The fourth-order valence-corrected chi connectivity index (χ4v) is 4.77. The number of nitrogens with one attached hydrogen (secondary N) is 1. The number of thiazole rings is 1. The number of benzene rings is 2. The van der Waals surface area contributed by atoms with E-state index >= 15 is 0 Å². The molecule has 0 radical (unpaired) electrons. The molecular weight excluding hydrogens is 430 g/mol. The normalized spacial score (nSPS) is 15.8. The Labute approximate surface area is 191 Å². The van der Waals surface area contributed by atoms with Crippen LogP contribution in [0.5, 0.6) is 0 Å². The Morgan fingerprint density at radius 3 is 2.68 bits per heavy atom. The van der Waals surface area contributed by atoms with Crippen LogP contribution in [-0.2, 0) is 22.4 Å². The maximum Gasteiger partial charge on any atom is 0.242 e. The Hall–Kier alpha value is -2.70. The van der Waals surface area contributed by atoms with E-state index in [1.807, 2.05) is 47.8 Å². The Balaban J connectivity index is 1.28. The monoisotopic (exact) mass is 453 g/mol. The molecule has 1 unspecified atom stereocenters. The van der Waals surface area contributed by atoms with Crippen LogP contribution in [0.3, 0.4) is 0 Å². The zero-order chi connectivity index (χ0) is 21.6. The predicted octanol–water partition coefficient (Wildman–Crippen LogP) is 4.36. The average molecular weight is 454 g/mol. The lowest BCUT2D eigenvalue weighted by Crippen LogP contribution is -2.46. The lowest BCUT2D eigenvalue weighted by atomic mass is 10.1. The topological polar surface area (TPSA) is 62.3 Å². The maximum absolute atomic E-state index is 12.8. The van der Waals surface area contributed by atoms with Crippen molar-refractivity contribution in [2.24, 2.45) is 0 Å². The van der Waals surface area contributed by atoms with E-state index in [1.165, 1.54) is 0 Å². The van der Waals surface area contributed by atoms with Gasteiger partial charge in [0.05, 0.1) is 12.1 Å². The van der Waals surface area contributed by atoms with Crippen molar-refractivity contribution in [3.63, 3.8) is 0 Å². The lowest BCUT2D eigenvalue weighted by Gasteiger charge is -2.24. The van der Waals surface area contributed by atoms with Crippen LogP contribution in [-0.4, -0.2) is 40.8 Å². The molecule has 2 aromatic carbocycles. The summed E-state index contributed by atoms with van der Waals surface area (Å²) in [6, 6.07) is 16.9. The third kappa shape index (κ3) is 5.51. The number of likely N-dealkylation sites (tertiary alicyclic amines) is 1. The van der Waals surface area contributed by atoms with Crippen LogP contribution in [0.4, 0.5) is 0 Å². The van der Waals surface area contributed by atoms with Crippen LogP contribution in [0.2, 0.25) is 5.02 Å². The number of amides is 2. The minimum atomic E-state index is -0.393. The minimum absolute atomic E-state index is 0.0213. The molecule has 1 aromatic heterocycles. The second-order valence-corrected chi connectivity index (χ2v) is 8.89. The Morgan fingerprint density at radius 2 is 1.90 bits per heavy atom. The molecule has 0 saturated carbocycles. The number of nitrogens with zero attached hydrogens (tertiary/aromatic N) is 2. The molecule has 2 heterocycles. The smallest absolute Gasteiger partial charge is 0.242 e.